The van der Waals surface area contributed by atoms with Gasteiger partial charge in [0.2, 0.25) is 0 Å². The normalized spacial score (nSPS) is 14.2. The van der Waals surface area contributed by atoms with Crippen LogP contribution in [0.4, 0.5) is 4.39 Å². The van der Waals surface area contributed by atoms with Crippen LogP contribution in [-0.2, 0) is 6.42 Å². The van der Waals surface area contributed by atoms with Crippen molar-refractivity contribution < 1.29 is 9.50 Å². The lowest BCUT2D eigenvalue weighted by atomic mass is 9.90. The molecule has 1 aromatic carbocycles. The van der Waals surface area contributed by atoms with Crippen LogP contribution in [0.3, 0.4) is 0 Å². The highest BCUT2D eigenvalue weighted by Crippen LogP contribution is 2.21. The van der Waals surface area contributed by atoms with Crippen LogP contribution in [0, 0.1) is 5.82 Å². The molecule has 2 heteroatoms. The molecule has 0 bridgehead atoms. The fourth-order valence-corrected chi connectivity index (χ4v) is 2.59. The molecule has 0 heterocycles. The van der Waals surface area contributed by atoms with Gasteiger partial charge in [-0.15, -0.1) is 0 Å². The number of rotatable bonds is 10. The van der Waals surface area contributed by atoms with E-state index in [0.29, 0.717) is 6.42 Å². The van der Waals surface area contributed by atoms with Gasteiger partial charge < -0.3 is 5.11 Å². The molecule has 0 saturated heterocycles. The van der Waals surface area contributed by atoms with Crippen molar-refractivity contribution in [3.05, 3.63) is 35.6 Å². The van der Waals surface area contributed by atoms with E-state index in [4.69, 9.17) is 0 Å². The molecular formula is C18H29FO. The van der Waals surface area contributed by atoms with Crippen LogP contribution in [0.1, 0.15) is 70.8 Å². The molecule has 0 aliphatic heterocycles. The second-order valence-electron chi connectivity index (χ2n) is 6.17. The maximum atomic E-state index is 12.8. The Labute approximate surface area is 123 Å². The molecule has 0 aromatic heterocycles. The first kappa shape index (κ1) is 17.2. The predicted molar refractivity (Wildman–Crippen MR) is 83.3 cm³/mol. The highest BCUT2D eigenvalue weighted by molar-refractivity contribution is 5.17. The van der Waals surface area contributed by atoms with Gasteiger partial charge >= 0.3 is 0 Å². The zero-order valence-electron chi connectivity index (χ0n) is 13.0. The third kappa shape index (κ3) is 7.64. The van der Waals surface area contributed by atoms with Gasteiger partial charge in [-0.2, -0.15) is 0 Å². The van der Waals surface area contributed by atoms with Gasteiger partial charge in [0.1, 0.15) is 5.82 Å². The van der Waals surface area contributed by atoms with Gasteiger partial charge in [0, 0.05) is 6.42 Å². The topological polar surface area (TPSA) is 20.2 Å². The summed E-state index contributed by atoms with van der Waals surface area (Å²) in [6.45, 7) is 4.11. The van der Waals surface area contributed by atoms with Crippen LogP contribution in [-0.4, -0.2) is 10.7 Å². The second kappa shape index (κ2) is 9.12. The van der Waals surface area contributed by atoms with Crippen LogP contribution >= 0.6 is 0 Å². The van der Waals surface area contributed by atoms with Crippen LogP contribution in [0.2, 0.25) is 0 Å². The largest absolute Gasteiger partial charge is 0.390 e. The molecular weight excluding hydrogens is 251 g/mol. The molecule has 0 saturated carbocycles. The summed E-state index contributed by atoms with van der Waals surface area (Å²) in [5, 5.41) is 10.4. The SMILES string of the molecule is CCCCCCCCCC(C)(O)Cc1ccc(F)cc1. The Morgan fingerprint density at radius 1 is 0.950 bits per heavy atom. The van der Waals surface area contributed by atoms with E-state index in [1.54, 1.807) is 12.1 Å². The van der Waals surface area contributed by atoms with E-state index in [-0.39, 0.29) is 5.82 Å². The molecule has 0 fully saturated rings. The monoisotopic (exact) mass is 280 g/mol. The van der Waals surface area contributed by atoms with E-state index in [1.165, 1.54) is 50.7 Å². The van der Waals surface area contributed by atoms with E-state index in [9.17, 15) is 9.50 Å². The average molecular weight is 280 g/mol. The molecule has 0 aliphatic carbocycles. The Kier molecular flexibility index (Phi) is 7.83. The number of hydrogen-bond donors (Lipinski definition) is 1. The molecule has 1 N–H and O–H groups in total. The van der Waals surface area contributed by atoms with Gasteiger partial charge in [-0.3, -0.25) is 0 Å². The highest BCUT2D eigenvalue weighted by atomic mass is 19.1. The van der Waals surface area contributed by atoms with Gasteiger partial charge in [0.25, 0.3) is 0 Å². The summed E-state index contributed by atoms with van der Waals surface area (Å²) in [6.07, 6.45) is 10.2. The number of halogens is 1. The van der Waals surface area contributed by atoms with Crippen molar-refractivity contribution >= 4 is 0 Å². The molecule has 1 nitrogen and oxygen atoms in total. The Morgan fingerprint density at radius 2 is 1.50 bits per heavy atom. The number of aliphatic hydroxyl groups is 1. The third-order valence-corrected chi connectivity index (χ3v) is 3.82. The minimum atomic E-state index is -0.679. The van der Waals surface area contributed by atoms with E-state index >= 15 is 0 Å². The predicted octanol–water partition coefficient (Wildman–Crippen LogP) is 5.26. The highest BCUT2D eigenvalue weighted by Gasteiger charge is 2.20. The fraction of sp³-hybridized carbons (Fsp3) is 0.667. The smallest absolute Gasteiger partial charge is 0.123 e. The van der Waals surface area contributed by atoms with Gasteiger partial charge in [-0.05, 0) is 31.0 Å². The van der Waals surface area contributed by atoms with E-state index in [2.05, 4.69) is 6.92 Å². The van der Waals surface area contributed by atoms with E-state index < -0.39 is 5.60 Å². The summed E-state index contributed by atoms with van der Waals surface area (Å²) in [6, 6.07) is 6.43. The molecule has 1 unspecified atom stereocenters. The van der Waals surface area contributed by atoms with Gasteiger partial charge in [-0.25, -0.2) is 4.39 Å². The lowest BCUT2D eigenvalue weighted by molar-refractivity contribution is 0.0484. The van der Waals surface area contributed by atoms with Gasteiger partial charge in [-0.1, -0.05) is 64.0 Å². The summed E-state index contributed by atoms with van der Waals surface area (Å²) < 4.78 is 12.8. The van der Waals surface area contributed by atoms with Crippen molar-refractivity contribution in [3.8, 4) is 0 Å². The Morgan fingerprint density at radius 3 is 2.10 bits per heavy atom. The number of benzene rings is 1. The molecule has 20 heavy (non-hydrogen) atoms. The van der Waals surface area contributed by atoms with Crippen LogP contribution in [0.5, 0.6) is 0 Å². The quantitative estimate of drug-likeness (QED) is 0.580. The first-order valence-corrected chi connectivity index (χ1v) is 8.00. The van der Waals surface area contributed by atoms with E-state index in [1.807, 2.05) is 6.92 Å². The van der Waals surface area contributed by atoms with Crippen molar-refractivity contribution in [1.29, 1.82) is 0 Å². The fourth-order valence-electron chi connectivity index (χ4n) is 2.59. The van der Waals surface area contributed by atoms with Gasteiger partial charge in [0.05, 0.1) is 5.60 Å². The molecule has 1 rings (SSSR count). The summed E-state index contributed by atoms with van der Waals surface area (Å²) in [5.74, 6) is -0.222. The summed E-state index contributed by atoms with van der Waals surface area (Å²) in [4.78, 5) is 0. The molecule has 0 spiro atoms. The Hall–Kier alpha value is -0.890. The first-order valence-electron chi connectivity index (χ1n) is 8.00. The number of unbranched alkanes of at least 4 members (excludes halogenated alkanes) is 6. The molecule has 1 aromatic rings. The molecule has 0 radical (unpaired) electrons. The van der Waals surface area contributed by atoms with Crippen LogP contribution in [0.25, 0.3) is 0 Å². The maximum Gasteiger partial charge on any atom is 0.123 e. The van der Waals surface area contributed by atoms with E-state index in [0.717, 1.165) is 18.4 Å². The minimum absolute atomic E-state index is 0.222. The van der Waals surface area contributed by atoms with Crippen molar-refractivity contribution in [2.24, 2.45) is 0 Å². The summed E-state index contributed by atoms with van der Waals surface area (Å²) in [7, 11) is 0. The lowest BCUT2D eigenvalue weighted by Crippen LogP contribution is -2.27. The van der Waals surface area contributed by atoms with Gasteiger partial charge in [0.15, 0.2) is 0 Å². The molecule has 0 aliphatic rings. The Balaban J connectivity index is 2.19. The third-order valence-electron chi connectivity index (χ3n) is 3.82. The number of hydrogen-bond acceptors (Lipinski definition) is 1. The van der Waals surface area contributed by atoms with Crippen molar-refractivity contribution in [2.75, 3.05) is 0 Å². The average Bonchev–Trinajstić information content (AvgIpc) is 2.40. The van der Waals surface area contributed by atoms with Crippen molar-refractivity contribution in [1.82, 2.24) is 0 Å². The van der Waals surface area contributed by atoms with Crippen molar-refractivity contribution in [2.45, 2.75) is 77.2 Å². The Bertz CT molecular complexity index is 356. The zero-order valence-corrected chi connectivity index (χ0v) is 13.0. The minimum Gasteiger partial charge on any atom is -0.390 e. The lowest BCUT2D eigenvalue weighted by Gasteiger charge is -2.23. The summed E-state index contributed by atoms with van der Waals surface area (Å²) >= 11 is 0. The molecule has 114 valence electrons. The first-order chi connectivity index (χ1) is 9.53. The van der Waals surface area contributed by atoms with Crippen molar-refractivity contribution in [3.63, 3.8) is 0 Å². The summed E-state index contributed by atoms with van der Waals surface area (Å²) in [5.41, 5.74) is 0.320. The van der Waals surface area contributed by atoms with Crippen LogP contribution in [0.15, 0.2) is 24.3 Å². The molecule has 0 amide bonds. The molecule has 1 atom stereocenters. The standard InChI is InChI=1S/C18H29FO/c1-3-4-5-6-7-8-9-14-18(2,20)15-16-10-12-17(19)13-11-16/h10-13,20H,3-9,14-15H2,1-2H3. The zero-order chi connectivity index (χ0) is 14.8. The van der Waals surface area contributed by atoms with Crippen LogP contribution < -0.4 is 0 Å². The maximum absolute atomic E-state index is 12.8. The second-order valence-corrected chi connectivity index (χ2v) is 6.17.